The molecule has 0 atom stereocenters. The van der Waals surface area contributed by atoms with Gasteiger partial charge in [0.2, 0.25) is 5.91 Å². The molecule has 9 nitrogen and oxygen atoms in total. The van der Waals surface area contributed by atoms with Crippen LogP contribution in [0.1, 0.15) is 37.6 Å². The number of imidazole rings is 1. The van der Waals surface area contributed by atoms with Crippen molar-refractivity contribution in [2.75, 3.05) is 6.54 Å². The molecule has 9 heteroatoms. The van der Waals surface area contributed by atoms with Crippen LogP contribution in [0, 0.1) is 0 Å². The van der Waals surface area contributed by atoms with Crippen molar-refractivity contribution < 1.29 is 9.21 Å². The maximum absolute atomic E-state index is 13.0. The summed E-state index contributed by atoms with van der Waals surface area (Å²) in [6.45, 7) is 5.60. The van der Waals surface area contributed by atoms with Gasteiger partial charge in [0.25, 0.3) is 0 Å². The number of H-pyrrole nitrogens is 1. The maximum Gasteiger partial charge on any atom is 0.419 e. The second-order valence-electron chi connectivity index (χ2n) is 8.05. The Balaban J connectivity index is 1.37. The van der Waals surface area contributed by atoms with Gasteiger partial charge in [0.15, 0.2) is 11.4 Å². The molecule has 0 bridgehead atoms. The third-order valence-corrected chi connectivity index (χ3v) is 5.77. The summed E-state index contributed by atoms with van der Waals surface area (Å²) in [6, 6.07) is 7.48. The van der Waals surface area contributed by atoms with Crippen LogP contribution in [0.2, 0.25) is 0 Å². The van der Waals surface area contributed by atoms with Crippen LogP contribution in [0.3, 0.4) is 0 Å². The largest absolute Gasteiger partial charge is 0.419 e. The van der Waals surface area contributed by atoms with E-state index >= 15 is 0 Å². The van der Waals surface area contributed by atoms with Gasteiger partial charge in [-0.2, -0.15) is 5.10 Å². The minimum absolute atomic E-state index is 0.00511. The van der Waals surface area contributed by atoms with E-state index in [9.17, 15) is 9.59 Å². The van der Waals surface area contributed by atoms with Gasteiger partial charge in [0.1, 0.15) is 5.69 Å². The number of aromatic amines is 1. The summed E-state index contributed by atoms with van der Waals surface area (Å²) in [4.78, 5) is 34.5. The lowest BCUT2D eigenvalue weighted by Gasteiger charge is -2.28. The number of nitrogens with zero attached hydrogens (tertiary/aromatic N) is 5. The van der Waals surface area contributed by atoms with Crippen molar-refractivity contribution in [1.82, 2.24) is 29.2 Å². The first-order valence-electron chi connectivity index (χ1n) is 10.5. The number of carbonyl (C=O) groups is 1. The molecule has 0 aliphatic carbocycles. The molecule has 0 saturated heterocycles. The summed E-state index contributed by atoms with van der Waals surface area (Å²) in [7, 11) is 0. The average Bonchev–Trinajstić information content (AvgIpc) is 3.48. The Bertz CT molecular complexity index is 1290. The van der Waals surface area contributed by atoms with E-state index in [-0.39, 0.29) is 24.9 Å². The number of carbonyl (C=O) groups excluding carboxylic acids is 1. The highest BCUT2D eigenvalue weighted by Crippen LogP contribution is 2.30. The van der Waals surface area contributed by atoms with E-state index < -0.39 is 5.76 Å². The van der Waals surface area contributed by atoms with E-state index in [1.807, 2.05) is 27.8 Å². The second-order valence-corrected chi connectivity index (χ2v) is 8.05. The Kier molecular flexibility index (Phi) is 4.72. The molecule has 160 valence electrons. The number of aryl methyl sites for hydroxylation is 1. The molecule has 5 rings (SSSR count). The van der Waals surface area contributed by atoms with Crippen LogP contribution in [-0.4, -0.2) is 41.7 Å². The summed E-state index contributed by atoms with van der Waals surface area (Å²) in [5, 5.41) is 4.79. The molecule has 0 fully saturated rings. The smallest absolute Gasteiger partial charge is 0.408 e. The highest BCUT2D eigenvalue weighted by Gasteiger charge is 2.29. The van der Waals surface area contributed by atoms with E-state index in [4.69, 9.17) is 9.52 Å². The number of aromatic nitrogens is 5. The van der Waals surface area contributed by atoms with Gasteiger partial charge in [-0.15, -0.1) is 0 Å². The second kappa shape index (κ2) is 7.57. The number of oxazole rings is 1. The van der Waals surface area contributed by atoms with Crippen LogP contribution in [0.5, 0.6) is 0 Å². The van der Waals surface area contributed by atoms with Gasteiger partial charge >= 0.3 is 5.76 Å². The summed E-state index contributed by atoms with van der Waals surface area (Å²) >= 11 is 0. The zero-order valence-corrected chi connectivity index (χ0v) is 17.5. The summed E-state index contributed by atoms with van der Waals surface area (Å²) < 4.78 is 8.82. The number of rotatable bonds is 5. The molecular formula is C22H24N6O3. The van der Waals surface area contributed by atoms with E-state index in [0.29, 0.717) is 30.0 Å². The van der Waals surface area contributed by atoms with Crippen LogP contribution < -0.4 is 5.76 Å². The Labute approximate surface area is 178 Å². The van der Waals surface area contributed by atoms with E-state index in [2.05, 4.69) is 23.8 Å². The molecule has 0 unspecified atom stereocenters. The fraction of sp³-hybridized carbons (Fsp3) is 0.364. The van der Waals surface area contributed by atoms with Gasteiger partial charge in [-0.1, -0.05) is 12.1 Å². The van der Waals surface area contributed by atoms with Crippen molar-refractivity contribution in [3.05, 3.63) is 58.5 Å². The minimum Gasteiger partial charge on any atom is -0.408 e. The van der Waals surface area contributed by atoms with Gasteiger partial charge in [0.05, 0.1) is 5.52 Å². The summed E-state index contributed by atoms with van der Waals surface area (Å²) in [6.07, 6.45) is 4.44. The highest BCUT2D eigenvalue weighted by atomic mass is 16.4. The van der Waals surface area contributed by atoms with Gasteiger partial charge < -0.3 is 14.3 Å². The predicted molar refractivity (Wildman–Crippen MR) is 114 cm³/mol. The van der Waals surface area contributed by atoms with E-state index in [1.165, 1.54) is 4.57 Å². The molecule has 3 aromatic heterocycles. The van der Waals surface area contributed by atoms with Gasteiger partial charge in [0, 0.05) is 62.2 Å². The van der Waals surface area contributed by atoms with Crippen LogP contribution in [0.4, 0.5) is 0 Å². The number of para-hydroxylation sites is 2. The topological polar surface area (TPSA) is 102 Å². The summed E-state index contributed by atoms with van der Waals surface area (Å²) in [5.41, 5.74) is 4.23. The first kappa shape index (κ1) is 19.3. The number of fused-ring (bicyclic) bond motifs is 2. The number of hydrogen-bond donors (Lipinski definition) is 1. The van der Waals surface area contributed by atoms with Crippen LogP contribution in [0.25, 0.3) is 22.6 Å². The lowest BCUT2D eigenvalue weighted by Crippen LogP contribution is -2.37. The fourth-order valence-corrected chi connectivity index (χ4v) is 4.26. The van der Waals surface area contributed by atoms with Crippen LogP contribution in [-0.2, 0) is 24.3 Å². The first-order valence-corrected chi connectivity index (χ1v) is 10.5. The molecule has 4 aromatic rings. The Morgan fingerprint density at radius 3 is 2.90 bits per heavy atom. The Morgan fingerprint density at radius 2 is 2.13 bits per heavy atom. The molecule has 1 amide bonds. The number of amides is 1. The number of benzene rings is 1. The van der Waals surface area contributed by atoms with Crippen molar-refractivity contribution in [2.45, 2.75) is 45.8 Å². The van der Waals surface area contributed by atoms with E-state index in [1.54, 1.807) is 18.5 Å². The van der Waals surface area contributed by atoms with Gasteiger partial charge in [-0.3, -0.25) is 14.0 Å². The van der Waals surface area contributed by atoms with Crippen LogP contribution >= 0.6 is 0 Å². The molecule has 0 spiro atoms. The van der Waals surface area contributed by atoms with Crippen molar-refractivity contribution in [1.29, 1.82) is 0 Å². The van der Waals surface area contributed by atoms with Gasteiger partial charge in [-0.25, -0.2) is 9.78 Å². The third-order valence-electron chi connectivity index (χ3n) is 5.77. The zero-order valence-electron chi connectivity index (χ0n) is 17.5. The molecule has 0 radical (unpaired) electrons. The van der Waals surface area contributed by atoms with Crippen LogP contribution in [0.15, 0.2) is 45.9 Å². The maximum atomic E-state index is 13.0. The molecule has 4 heterocycles. The van der Waals surface area contributed by atoms with Crippen molar-refractivity contribution >= 4 is 17.0 Å². The normalized spacial score (nSPS) is 13.8. The number of nitrogens with one attached hydrogen (secondary N) is 1. The quantitative estimate of drug-likeness (QED) is 0.535. The zero-order chi connectivity index (χ0) is 21.5. The number of hydrogen-bond acceptors (Lipinski definition) is 5. The van der Waals surface area contributed by atoms with Crippen molar-refractivity contribution in [3.63, 3.8) is 0 Å². The predicted octanol–water partition coefficient (Wildman–Crippen LogP) is 2.74. The SMILES string of the molecule is CC(C)n1nc(-c2ncc[nH]2)c2c1CCN(C(=O)CCn1c(=O)oc3ccccc31)C2. The molecule has 1 aliphatic heterocycles. The first-order chi connectivity index (χ1) is 15.0. The Hall–Kier alpha value is -3.62. The standard InChI is InChI=1S/C22H24N6O3/c1-14(2)28-16-7-11-26(13-15(16)20(25-28)21-23-9-10-24-21)19(29)8-12-27-17-5-3-4-6-18(17)31-22(27)30/h3-6,9-10,14H,7-8,11-13H2,1-2H3,(H,23,24). The van der Waals surface area contributed by atoms with Gasteiger partial charge in [-0.05, 0) is 26.0 Å². The molecule has 1 N–H and O–H groups in total. The lowest BCUT2D eigenvalue weighted by molar-refractivity contribution is -0.132. The molecule has 1 aliphatic rings. The van der Waals surface area contributed by atoms with Crippen molar-refractivity contribution in [2.24, 2.45) is 0 Å². The molecule has 31 heavy (non-hydrogen) atoms. The fourth-order valence-electron chi connectivity index (χ4n) is 4.26. The lowest BCUT2D eigenvalue weighted by atomic mass is 10.0. The molecule has 1 aromatic carbocycles. The molecule has 0 saturated carbocycles. The van der Waals surface area contributed by atoms with E-state index in [0.717, 1.165) is 23.4 Å². The summed E-state index contributed by atoms with van der Waals surface area (Å²) in [5.74, 6) is 0.278. The van der Waals surface area contributed by atoms with Crippen molar-refractivity contribution in [3.8, 4) is 11.5 Å². The monoisotopic (exact) mass is 420 g/mol. The highest BCUT2D eigenvalue weighted by molar-refractivity contribution is 5.77. The molecular weight excluding hydrogens is 396 g/mol. The third kappa shape index (κ3) is 3.35. The Morgan fingerprint density at radius 1 is 1.29 bits per heavy atom. The minimum atomic E-state index is -0.437. The average molecular weight is 420 g/mol.